The first-order valence-corrected chi connectivity index (χ1v) is 10.0. The second-order valence-corrected chi connectivity index (χ2v) is 8.42. The molecule has 1 saturated heterocycles. The third-order valence-corrected chi connectivity index (χ3v) is 6.35. The molecular weight excluding hydrogens is 360 g/mol. The van der Waals surface area contributed by atoms with Crippen LogP contribution in [0.15, 0.2) is 12.4 Å². The molecule has 0 bridgehead atoms. The fourth-order valence-corrected chi connectivity index (χ4v) is 4.76. The number of piperidine rings is 1. The van der Waals surface area contributed by atoms with Crippen molar-refractivity contribution < 1.29 is 4.79 Å². The van der Waals surface area contributed by atoms with Gasteiger partial charge in [0.2, 0.25) is 0 Å². The van der Waals surface area contributed by atoms with Crippen LogP contribution in [0.5, 0.6) is 0 Å². The highest BCUT2D eigenvalue weighted by Crippen LogP contribution is 2.35. The van der Waals surface area contributed by atoms with Crippen LogP contribution >= 0.6 is 11.3 Å². The zero-order chi connectivity index (χ0) is 19.1. The van der Waals surface area contributed by atoms with E-state index >= 15 is 0 Å². The Morgan fingerprint density at radius 1 is 1.30 bits per heavy atom. The van der Waals surface area contributed by atoms with Crippen LogP contribution in [0, 0.1) is 20.8 Å². The van der Waals surface area contributed by atoms with Gasteiger partial charge in [0.15, 0.2) is 0 Å². The van der Waals surface area contributed by atoms with Crippen LogP contribution in [-0.2, 0) is 7.05 Å². The highest BCUT2D eigenvalue weighted by molar-refractivity contribution is 7.18. The third kappa shape index (κ3) is 3.29. The van der Waals surface area contributed by atoms with E-state index in [1.165, 1.54) is 10.4 Å². The summed E-state index contributed by atoms with van der Waals surface area (Å²) in [6.07, 6.45) is 3.63. The molecule has 142 valence electrons. The minimum Gasteiger partial charge on any atom is -0.354 e. The monoisotopic (exact) mass is 384 g/mol. The van der Waals surface area contributed by atoms with Crippen LogP contribution in [0.3, 0.4) is 0 Å². The van der Waals surface area contributed by atoms with Gasteiger partial charge in [-0.3, -0.25) is 9.48 Å². The molecule has 3 aromatic rings. The topological polar surface area (TPSA) is 75.9 Å². The molecule has 1 atom stereocenters. The first-order chi connectivity index (χ1) is 12.9. The average molecular weight is 385 g/mol. The van der Waals surface area contributed by atoms with E-state index in [0.717, 1.165) is 47.7 Å². The van der Waals surface area contributed by atoms with Gasteiger partial charge in [0.25, 0.3) is 5.91 Å². The summed E-state index contributed by atoms with van der Waals surface area (Å²) in [7, 11) is 1.80. The van der Waals surface area contributed by atoms with Gasteiger partial charge >= 0.3 is 0 Å². The SMILES string of the molecule is Cc1cc(C(=O)NC2CCCN(c3ncnc4sc(C)c(C)c34)C2)n(C)n1. The number of nitrogens with one attached hydrogen (secondary N) is 1. The summed E-state index contributed by atoms with van der Waals surface area (Å²) in [4.78, 5) is 26.3. The number of fused-ring (bicyclic) bond motifs is 1. The molecule has 1 aliphatic heterocycles. The molecule has 1 N–H and O–H groups in total. The Labute approximate surface area is 162 Å². The number of carbonyl (C=O) groups is 1. The molecule has 7 nitrogen and oxygen atoms in total. The fraction of sp³-hybridized carbons (Fsp3) is 0.474. The van der Waals surface area contributed by atoms with Crippen molar-refractivity contribution in [3.63, 3.8) is 0 Å². The molecule has 1 fully saturated rings. The standard InChI is InChI=1S/C19H24N6OS/c1-11-8-15(24(4)23-11)18(26)22-14-6-5-7-25(9-14)17-16-12(2)13(3)27-19(16)21-10-20-17/h8,10,14H,5-7,9H2,1-4H3,(H,22,26). The van der Waals surface area contributed by atoms with E-state index in [-0.39, 0.29) is 11.9 Å². The first-order valence-electron chi connectivity index (χ1n) is 9.21. The Morgan fingerprint density at radius 2 is 2.11 bits per heavy atom. The Morgan fingerprint density at radius 3 is 2.85 bits per heavy atom. The summed E-state index contributed by atoms with van der Waals surface area (Å²) in [6.45, 7) is 7.85. The molecule has 1 aliphatic rings. The molecule has 0 aromatic carbocycles. The molecule has 0 aliphatic carbocycles. The number of rotatable bonds is 3. The summed E-state index contributed by atoms with van der Waals surface area (Å²) >= 11 is 1.71. The van der Waals surface area contributed by atoms with Gasteiger partial charge in [-0.05, 0) is 45.2 Å². The van der Waals surface area contributed by atoms with Crippen LogP contribution in [0.4, 0.5) is 5.82 Å². The minimum atomic E-state index is -0.0691. The number of thiophene rings is 1. The average Bonchev–Trinajstić information content (AvgIpc) is 3.13. The predicted octanol–water partition coefficient (Wildman–Crippen LogP) is 2.75. The van der Waals surface area contributed by atoms with Gasteiger partial charge in [-0.2, -0.15) is 5.10 Å². The van der Waals surface area contributed by atoms with E-state index in [9.17, 15) is 4.79 Å². The van der Waals surface area contributed by atoms with E-state index in [1.807, 2.05) is 13.0 Å². The highest BCUT2D eigenvalue weighted by Gasteiger charge is 2.26. The summed E-state index contributed by atoms with van der Waals surface area (Å²) in [5.74, 6) is 0.914. The third-order valence-electron chi connectivity index (χ3n) is 5.24. The molecule has 0 radical (unpaired) electrons. The lowest BCUT2D eigenvalue weighted by Gasteiger charge is -2.34. The lowest BCUT2D eigenvalue weighted by Crippen LogP contribution is -2.48. The maximum Gasteiger partial charge on any atom is 0.269 e. The van der Waals surface area contributed by atoms with Crippen LogP contribution < -0.4 is 10.2 Å². The summed E-state index contributed by atoms with van der Waals surface area (Å²) in [5.41, 5.74) is 2.69. The van der Waals surface area contributed by atoms with Crippen molar-refractivity contribution in [2.24, 2.45) is 7.05 Å². The van der Waals surface area contributed by atoms with Crippen LogP contribution in [-0.4, -0.2) is 44.8 Å². The van der Waals surface area contributed by atoms with Crippen LogP contribution in [0.25, 0.3) is 10.2 Å². The number of hydrogen-bond donors (Lipinski definition) is 1. The zero-order valence-electron chi connectivity index (χ0n) is 16.1. The largest absolute Gasteiger partial charge is 0.354 e. The Bertz CT molecular complexity index is 1010. The molecule has 0 saturated carbocycles. The highest BCUT2D eigenvalue weighted by atomic mass is 32.1. The molecule has 4 rings (SSSR count). The summed E-state index contributed by atoms with van der Waals surface area (Å²) in [5, 5.41) is 8.59. The molecular formula is C19H24N6OS. The van der Waals surface area contributed by atoms with Gasteiger partial charge in [-0.1, -0.05) is 0 Å². The number of aryl methyl sites for hydroxylation is 4. The second-order valence-electron chi connectivity index (χ2n) is 7.21. The lowest BCUT2D eigenvalue weighted by atomic mass is 10.0. The van der Waals surface area contributed by atoms with Crippen molar-refractivity contribution >= 4 is 33.3 Å². The van der Waals surface area contributed by atoms with Gasteiger partial charge in [0, 0.05) is 31.1 Å². The molecule has 8 heteroatoms. The zero-order valence-corrected chi connectivity index (χ0v) is 16.9. The smallest absolute Gasteiger partial charge is 0.269 e. The number of anilines is 1. The first kappa shape index (κ1) is 17.9. The number of hydrogen-bond acceptors (Lipinski definition) is 6. The van der Waals surface area contributed by atoms with Crippen LogP contribution in [0.2, 0.25) is 0 Å². The van der Waals surface area contributed by atoms with Crippen molar-refractivity contribution in [1.82, 2.24) is 25.1 Å². The van der Waals surface area contributed by atoms with Gasteiger partial charge in [-0.15, -0.1) is 11.3 Å². The molecule has 0 spiro atoms. The predicted molar refractivity (Wildman–Crippen MR) is 108 cm³/mol. The lowest BCUT2D eigenvalue weighted by molar-refractivity contribution is 0.0923. The van der Waals surface area contributed by atoms with E-state index in [0.29, 0.717) is 5.69 Å². The van der Waals surface area contributed by atoms with Crippen molar-refractivity contribution in [3.8, 4) is 0 Å². The molecule has 3 aromatic heterocycles. The molecule has 4 heterocycles. The van der Waals surface area contributed by atoms with Gasteiger partial charge in [-0.25, -0.2) is 9.97 Å². The maximum absolute atomic E-state index is 12.6. The maximum atomic E-state index is 12.6. The van der Waals surface area contributed by atoms with Crippen molar-refractivity contribution in [3.05, 3.63) is 34.2 Å². The number of aromatic nitrogens is 4. The number of amides is 1. The summed E-state index contributed by atoms with van der Waals surface area (Å²) < 4.78 is 1.64. The van der Waals surface area contributed by atoms with E-state index in [1.54, 1.807) is 29.4 Å². The van der Waals surface area contributed by atoms with Crippen molar-refractivity contribution in [2.75, 3.05) is 18.0 Å². The van der Waals surface area contributed by atoms with E-state index in [2.05, 4.69) is 39.1 Å². The van der Waals surface area contributed by atoms with Gasteiger partial charge < -0.3 is 10.2 Å². The van der Waals surface area contributed by atoms with Crippen LogP contribution in [0.1, 0.15) is 39.5 Å². The summed E-state index contributed by atoms with van der Waals surface area (Å²) in [6, 6.07) is 1.91. The molecule has 1 unspecified atom stereocenters. The fourth-order valence-electron chi connectivity index (χ4n) is 3.77. The number of carbonyl (C=O) groups excluding carboxylic acids is 1. The quantitative estimate of drug-likeness (QED) is 0.751. The van der Waals surface area contributed by atoms with Crippen molar-refractivity contribution in [1.29, 1.82) is 0 Å². The Hall–Kier alpha value is -2.48. The van der Waals surface area contributed by atoms with Gasteiger partial charge in [0.1, 0.15) is 22.7 Å². The van der Waals surface area contributed by atoms with Gasteiger partial charge in [0.05, 0.1) is 11.1 Å². The Balaban J connectivity index is 1.55. The minimum absolute atomic E-state index is 0.0691. The van der Waals surface area contributed by atoms with E-state index in [4.69, 9.17) is 0 Å². The normalized spacial score (nSPS) is 17.5. The second kappa shape index (κ2) is 6.92. The Kier molecular flexibility index (Phi) is 4.59. The molecule has 27 heavy (non-hydrogen) atoms. The number of nitrogens with zero attached hydrogens (tertiary/aromatic N) is 5. The molecule has 1 amide bonds. The van der Waals surface area contributed by atoms with E-state index < -0.39 is 0 Å². The van der Waals surface area contributed by atoms with Crippen molar-refractivity contribution in [2.45, 2.75) is 39.7 Å².